The molecule has 0 saturated heterocycles. The lowest BCUT2D eigenvalue weighted by Crippen LogP contribution is -2.31. The quantitative estimate of drug-likeness (QED) is 0.0323. The number of hydrogen-bond acceptors (Lipinski definition) is 10. The number of carbonyl (C=O) groups excluding carboxylic acids is 2. The molecule has 8 nitrogen and oxygen atoms in total. The van der Waals surface area contributed by atoms with E-state index in [0.29, 0.717) is 47.7 Å². The molecule has 4 aromatic rings. The highest BCUT2D eigenvalue weighted by Gasteiger charge is 2.46. The zero-order chi connectivity index (χ0) is 64.7. The lowest BCUT2D eigenvalue weighted by atomic mass is 9.90. The van der Waals surface area contributed by atoms with Crippen LogP contribution < -0.4 is 9.80 Å². The van der Waals surface area contributed by atoms with Gasteiger partial charge in [-0.05, 0) is 37.5 Å². The van der Waals surface area contributed by atoms with Crippen LogP contribution in [0.2, 0.25) is 0 Å². The van der Waals surface area contributed by atoms with Crippen LogP contribution >= 0.6 is 45.3 Å². The molecule has 2 amide bonds. The van der Waals surface area contributed by atoms with E-state index in [1.54, 1.807) is 22.7 Å². The Bertz CT molecular complexity index is 2260. The second-order valence-electron chi connectivity index (χ2n) is 28.4. The van der Waals surface area contributed by atoms with Crippen LogP contribution in [0.25, 0.3) is 31.2 Å². The average molecular weight is 1340 g/mol. The summed E-state index contributed by atoms with van der Waals surface area (Å²) in [6.07, 6.45) is 79.1. The molecule has 0 bridgehead atoms. The number of unbranched alkanes of at least 4 members (excludes halogenated alkanes) is 44. The zero-order valence-electron chi connectivity index (χ0n) is 59.6. The monoisotopic (exact) mass is 1340 g/mol. The third-order valence-corrected chi connectivity index (χ3v) is 24.4. The van der Waals surface area contributed by atoms with Crippen molar-refractivity contribution >= 4 is 79.9 Å². The Kier molecular flexibility index (Phi) is 43.0. The van der Waals surface area contributed by atoms with Crippen LogP contribution in [-0.2, 0) is 9.59 Å². The fourth-order valence-electron chi connectivity index (χ4n) is 14.7. The fourth-order valence-corrected chi connectivity index (χ4v) is 18.3. The van der Waals surface area contributed by atoms with Gasteiger partial charge in [-0.2, -0.15) is 0 Å². The van der Waals surface area contributed by atoms with Gasteiger partial charge in [0.05, 0.1) is 20.9 Å². The van der Waals surface area contributed by atoms with Crippen molar-refractivity contribution in [3.05, 3.63) is 32.9 Å². The predicted octanol–water partition coefficient (Wildman–Crippen LogP) is 27.6. The molecule has 2 aliphatic rings. The minimum atomic E-state index is -0.0758. The van der Waals surface area contributed by atoms with E-state index in [2.05, 4.69) is 27.7 Å². The van der Waals surface area contributed by atoms with Crippen LogP contribution in [0.15, 0.2) is 23.2 Å². The topological polar surface area (TPSA) is 92.2 Å². The molecule has 0 aromatic carbocycles. The normalized spacial score (nSPS) is 14.1. The van der Waals surface area contributed by atoms with E-state index >= 15 is 9.59 Å². The minimum Gasteiger partial charge on any atom is -0.291 e. The molecule has 0 aliphatic carbocycles. The Hall–Kier alpha value is -2.80. The number of amides is 2. The van der Waals surface area contributed by atoms with E-state index < -0.39 is 0 Å². The smallest absolute Gasteiger partial charge is 0.261 e. The number of nitrogens with zero attached hydrogens (tertiary/aromatic N) is 6. The molecule has 0 N–H and O–H groups in total. The highest BCUT2D eigenvalue weighted by molar-refractivity contribution is 7.23. The van der Waals surface area contributed by atoms with E-state index in [-0.39, 0.29) is 11.8 Å². The summed E-state index contributed by atoms with van der Waals surface area (Å²) >= 11 is 6.24. The lowest BCUT2D eigenvalue weighted by molar-refractivity contribution is -0.114. The van der Waals surface area contributed by atoms with Crippen molar-refractivity contribution in [3.63, 3.8) is 0 Å². The second kappa shape index (κ2) is 50.5. The number of anilines is 2. The SMILES string of the molecule is CCCCCCCCCCCCCCC(CCCCCCCCCCCCCC)CCCN1C(=O)/C(=C2/C(=O)N(CCCC(CCCCCCCCCCCCCC)CCCCCCCCCCCCCC)c3nc(-c4nccs4)sc32)c2sc(-c3nccs3)nc21. The standard InChI is InChI=1S/C80H134N6O2S4/c1-5-9-13-17-21-25-29-33-37-41-45-49-55-67(56-50-46-42-38-34-30-26-22-18-14-10-6-2)59-53-63-85-73-71(91-77(83-73)75-81-61-65-89-75)69(79(85)87)70-72-74(84-78(92-72)76-82-62-66-90-76)86(80(70)88)64-54-60-68(57-51-47-43-39-35-31-27-23-19-15-11-7-3)58-52-48-44-40-36-32-28-24-20-16-12-8-4/h61-62,65-68H,5-60,63-64H2,1-4H3/b70-69+. The van der Waals surface area contributed by atoms with Gasteiger partial charge in [-0.15, -0.1) is 45.3 Å². The van der Waals surface area contributed by atoms with Crippen LogP contribution in [0, 0.1) is 11.8 Å². The summed E-state index contributed by atoms with van der Waals surface area (Å²) in [7, 11) is 0. The number of fused-ring (bicyclic) bond motifs is 2. The van der Waals surface area contributed by atoms with E-state index in [1.165, 1.54) is 357 Å². The van der Waals surface area contributed by atoms with Crippen molar-refractivity contribution in [2.75, 3.05) is 22.9 Å². The molecule has 92 heavy (non-hydrogen) atoms. The Morgan fingerprint density at radius 2 is 0.533 bits per heavy atom. The molecule has 520 valence electrons. The maximum atomic E-state index is 15.4. The van der Waals surface area contributed by atoms with E-state index in [1.807, 2.05) is 33.0 Å². The highest BCUT2D eigenvalue weighted by Crippen LogP contribution is 2.52. The van der Waals surface area contributed by atoms with Gasteiger partial charge in [0.2, 0.25) is 0 Å². The van der Waals surface area contributed by atoms with Crippen molar-refractivity contribution in [1.29, 1.82) is 0 Å². The van der Waals surface area contributed by atoms with Gasteiger partial charge in [0.15, 0.2) is 31.7 Å². The molecular formula is C80H134N6O2S4. The van der Waals surface area contributed by atoms with E-state index in [0.717, 1.165) is 55.5 Å². The maximum absolute atomic E-state index is 15.4. The Morgan fingerprint density at radius 3 is 0.761 bits per heavy atom. The summed E-state index contributed by atoms with van der Waals surface area (Å²) in [6.45, 7) is 10.4. The minimum absolute atomic E-state index is 0.0758. The first-order chi connectivity index (χ1) is 45.5. The van der Waals surface area contributed by atoms with Crippen LogP contribution in [0.1, 0.15) is 397 Å². The zero-order valence-corrected chi connectivity index (χ0v) is 62.9. The van der Waals surface area contributed by atoms with Crippen molar-refractivity contribution in [2.45, 2.75) is 387 Å². The van der Waals surface area contributed by atoms with Crippen molar-refractivity contribution in [1.82, 2.24) is 19.9 Å². The van der Waals surface area contributed by atoms with Crippen LogP contribution in [-0.4, -0.2) is 44.8 Å². The van der Waals surface area contributed by atoms with Gasteiger partial charge in [-0.25, -0.2) is 19.9 Å². The number of thiazole rings is 4. The summed E-state index contributed by atoms with van der Waals surface area (Å²) in [5.74, 6) is 2.60. The number of aromatic nitrogens is 4. The lowest BCUT2D eigenvalue weighted by Gasteiger charge is -2.21. The van der Waals surface area contributed by atoms with E-state index in [4.69, 9.17) is 19.9 Å². The van der Waals surface area contributed by atoms with Gasteiger partial charge in [-0.1, -0.05) is 362 Å². The number of rotatable bonds is 62. The molecule has 0 radical (unpaired) electrons. The molecule has 0 fully saturated rings. The Morgan fingerprint density at radius 1 is 0.304 bits per heavy atom. The number of hydrogen-bond donors (Lipinski definition) is 0. The molecule has 0 atom stereocenters. The molecule has 4 aromatic heterocycles. The first-order valence-electron chi connectivity index (χ1n) is 39.7. The molecule has 12 heteroatoms. The highest BCUT2D eigenvalue weighted by atomic mass is 32.1. The van der Waals surface area contributed by atoms with Gasteiger partial charge in [0.25, 0.3) is 11.8 Å². The Labute approximate surface area is 580 Å². The van der Waals surface area contributed by atoms with Gasteiger partial charge < -0.3 is 0 Å². The third-order valence-electron chi connectivity index (χ3n) is 20.4. The number of carbonyl (C=O) groups is 2. The van der Waals surface area contributed by atoms with Crippen LogP contribution in [0.4, 0.5) is 11.6 Å². The van der Waals surface area contributed by atoms with Gasteiger partial charge in [-0.3, -0.25) is 19.4 Å². The third kappa shape index (κ3) is 29.9. The summed E-state index contributed by atoms with van der Waals surface area (Å²) in [4.78, 5) is 56.2. The molecule has 6 heterocycles. The van der Waals surface area contributed by atoms with E-state index in [9.17, 15) is 0 Å². The second-order valence-corrected chi connectivity index (χ2v) is 32.2. The van der Waals surface area contributed by atoms with Crippen molar-refractivity contribution in [3.8, 4) is 20.0 Å². The molecule has 0 saturated carbocycles. The summed E-state index contributed by atoms with van der Waals surface area (Å²) in [5.41, 5.74) is 1.04. The summed E-state index contributed by atoms with van der Waals surface area (Å²) in [6, 6.07) is 0. The predicted molar refractivity (Wildman–Crippen MR) is 406 cm³/mol. The van der Waals surface area contributed by atoms with Crippen LogP contribution in [0.3, 0.4) is 0 Å². The van der Waals surface area contributed by atoms with Gasteiger partial charge in [0, 0.05) is 36.2 Å². The first-order valence-corrected chi connectivity index (χ1v) is 43.1. The molecule has 6 rings (SSSR count). The summed E-state index contributed by atoms with van der Waals surface area (Å²) in [5, 5.41) is 7.36. The van der Waals surface area contributed by atoms with Crippen molar-refractivity contribution < 1.29 is 9.59 Å². The first kappa shape index (κ1) is 78.2. The summed E-state index contributed by atoms with van der Waals surface area (Å²) < 4.78 is 0. The maximum Gasteiger partial charge on any atom is 0.261 e. The van der Waals surface area contributed by atoms with Gasteiger partial charge in [0.1, 0.15) is 0 Å². The average Bonchev–Trinajstić information content (AvgIpc) is 1.56. The molecular weight excluding hydrogens is 1210 g/mol. The Balaban J connectivity index is 1.10. The van der Waals surface area contributed by atoms with Crippen molar-refractivity contribution in [2.24, 2.45) is 11.8 Å². The van der Waals surface area contributed by atoms with Gasteiger partial charge >= 0.3 is 0 Å². The largest absolute Gasteiger partial charge is 0.291 e. The molecule has 0 unspecified atom stereocenters. The molecule has 0 spiro atoms. The molecule has 2 aliphatic heterocycles. The fraction of sp³-hybridized carbons (Fsp3) is 0.800. The van der Waals surface area contributed by atoms with Crippen LogP contribution in [0.5, 0.6) is 0 Å².